The SMILES string of the molecule is CCNC(=O)OCC[C@H]1CCC(=O)C[C@H]1C. The summed E-state index contributed by atoms with van der Waals surface area (Å²) in [6, 6.07) is 0. The predicted octanol–water partition coefficient (Wildman–Crippen LogP) is 2.13. The minimum absolute atomic E-state index is 0.345. The van der Waals surface area contributed by atoms with Crippen molar-refractivity contribution in [3.8, 4) is 0 Å². The molecule has 1 amide bonds. The van der Waals surface area contributed by atoms with E-state index in [1.165, 1.54) is 0 Å². The lowest BCUT2D eigenvalue weighted by Gasteiger charge is -2.27. The summed E-state index contributed by atoms with van der Waals surface area (Å²) in [6.07, 6.45) is 2.84. The number of amides is 1. The standard InChI is InChI=1S/C12H21NO3/c1-3-13-12(15)16-7-6-10-4-5-11(14)8-9(10)2/h9-10H,3-8H2,1-2H3,(H,13,15)/t9-,10-/m1/s1. The van der Waals surface area contributed by atoms with Crippen LogP contribution in [0.4, 0.5) is 4.79 Å². The molecular weight excluding hydrogens is 206 g/mol. The lowest BCUT2D eigenvalue weighted by atomic mass is 9.78. The fraction of sp³-hybridized carbons (Fsp3) is 0.833. The van der Waals surface area contributed by atoms with Gasteiger partial charge in [0.1, 0.15) is 5.78 Å². The first-order valence-electron chi connectivity index (χ1n) is 6.05. The predicted molar refractivity (Wildman–Crippen MR) is 61.2 cm³/mol. The number of nitrogens with one attached hydrogen (secondary N) is 1. The molecular formula is C12H21NO3. The van der Waals surface area contributed by atoms with Crippen LogP contribution in [-0.4, -0.2) is 25.0 Å². The monoisotopic (exact) mass is 227 g/mol. The zero-order valence-electron chi connectivity index (χ0n) is 10.1. The van der Waals surface area contributed by atoms with Crippen LogP contribution in [0.15, 0.2) is 0 Å². The summed E-state index contributed by atoms with van der Waals surface area (Å²) in [5.41, 5.74) is 0. The molecule has 0 radical (unpaired) electrons. The Balaban J connectivity index is 2.17. The molecule has 0 spiro atoms. The molecule has 1 N–H and O–H groups in total. The molecule has 0 aromatic rings. The van der Waals surface area contributed by atoms with E-state index in [-0.39, 0.29) is 6.09 Å². The average Bonchev–Trinajstić information content (AvgIpc) is 2.22. The van der Waals surface area contributed by atoms with Crippen LogP contribution in [0.5, 0.6) is 0 Å². The highest BCUT2D eigenvalue weighted by Crippen LogP contribution is 2.29. The van der Waals surface area contributed by atoms with E-state index in [4.69, 9.17) is 4.74 Å². The number of alkyl carbamates (subject to hydrolysis) is 1. The Morgan fingerprint density at radius 2 is 2.31 bits per heavy atom. The number of carbonyl (C=O) groups excluding carboxylic acids is 2. The van der Waals surface area contributed by atoms with Gasteiger partial charge in [0, 0.05) is 19.4 Å². The third-order valence-corrected chi connectivity index (χ3v) is 3.19. The van der Waals surface area contributed by atoms with Gasteiger partial charge in [-0.3, -0.25) is 4.79 Å². The van der Waals surface area contributed by atoms with Gasteiger partial charge in [0.05, 0.1) is 6.61 Å². The maximum Gasteiger partial charge on any atom is 0.407 e. The third-order valence-electron chi connectivity index (χ3n) is 3.19. The molecule has 92 valence electrons. The fourth-order valence-electron chi connectivity index (χ4n) is 2.19. The van der Waals surface area contributed by atoms with Gasteiger partial charge >= 0.3 is 6.09 Å². The van der Waals surface area contributed by atoms with E-state index >= 15 is 0 Å². The zero-order chi connectivity index (χ0) is 12.0. The maximum absolute atomic E-state index is 11.2. The molecule has 2 atom stereocenters. The lowest BCUT2D eigenvalue weighted by molar-refractivity contribution is -0.122. The van der Waals surface area contributed by atoms with E-state index in [0.717, 1.165) is 12.8 Å². The van der Waals surface area contributed by atoms with Crippen molar-refractivity contribution in [1.29, 1.82) is 0 Å². The second kappa shape index (κ2) is 6.51. The molecule has 16 heavy (non-hydrogen) atoms. The first-order valence-corrected chi connectivity index (χ1v) is 6.05. The molecule has 0 unspecified atom stereocenters. The molecule has 0 bridgehead atoms. The molecule has 0 aromatic heterocycles. The van der Waals surface area contributed by atoms with Gasteiger partial charge in [0.2, 0.25) is 0 Å². The van der Waals surface area contributed by atoms with Crippen molar-refractivity contribution < 1.29 is 14.3 Å². The van der Waals surface area contributed by atoms with Crippen molar-refractivity contribution in [2.45, 2.75) is 39.5 Å². The number of carbonyl (C=O) groups is 2. The Labute approximate surface area is 96.7 Å². The maximum atomic E-state index is 11.2. The summed E-state index contributed by atoms with van der Waals surface area (Å²) in [7, 11) is 0. The Morgan fingerprint density at radius 1 is 1.56 bits per heavy atom. The Kier molecular flexibility index (Phi) is 5.29. The van der Waals surface area contributed by atoms with Crippen LogP contribution in [0.25, 0.3) is 0 Å². The number of hydrogen-bond acceptors (Lipinski definition) is 3. The molecule has 4 heteroatoms. The Morgan fingerprint density at radius 3 is 2.94 bits per heavy atom. The quantitative estimate of drug-likeness (QED) is 0.800. The van der Waals surface area contributed by atoms with Crippen LogP contribution in [0.3, 0.4) is 0 Å². The minimum Gasteiger partial charge on any atom is -0.450 e. The largest absolute Gasteiger partial charge is 0.450 e. The molecule has 1 rings (SSSR count). The summed E-state index contributed by atoms with van der Waals surface area (Å²) in [4.78, 5) is 22.2. The van der Waals surface area contributed by atoms with Crippen molar-refractivity contribution in [1.82, 2.24) is 5.32 Å². The van der Waals surface area contributed by atoms with Gasteiger partial charge in [-0.25, -0.2) is 4.79 Å². The molecule has 4 nitrogen and oxygen atoms in total. The second-order valence-corrected chi connectivity index (χ2v) is 4.47. The summed E-state index contributed by atoms with van der Waals surface area (Å²) in [6.45, 7) is 5.01. The molecule has 0 heterocycles. The molecule has 0 aliphatic heterocycles. The molecule has 1 aliphatic carbocycles. The minimum atomic E-state index is -0.345. The number of Topliss-reactive ketones (excluding diaryl/α,β-unsaturated/α-hetero) is 1. The first kappa shape index (κ1) is 13.0. The van der Waals surface area contributed by atoms with Crippen LogP contribution >= 0.6 is 0 Å². The van der Waals surface area contributed by atoms with Crippen molar-refractivity contribution in [3.05, 3.63) is 0 Å². The molecule has 0 saturated heterocycles. The van der Waals surface area contributed by atoms with Crippen molar-refractivity contribution in [2.75, 3.05) is 13.2 Å². The number of ether oxygens (including phenoxy) is 1. The summed E-state index contributed by atoms with van der Waals surface area (Å²) >= 11 is 0. The zero-order valence-corrected chi connectivity index (χ0v) is 10.1. The smallest absolute Gasteiger partial charge is 0.407 e. The topological polar surface area (TPSA) is 55.4 Å². The van der Waals surface area contributed by atoms with Gasteiger partial charge in [0.15, 0.2) is 0 Å². The molecule has 1 aliphatic rings. The molecule has 1 fully saturated rings. The Hall–Kier alpha value is -1.06. The summed E-state index contributed by atoms with van der Waals surface area (Å²) in [5.74, 6) is 1.32. The highest BCUT2D eigenvalue weighted by molar-refractivity contribution is 5.79. The van der Waals surface area contributed by atoms with E-state index in [0.29, 0.717) is 43.6 Å². The summed E-state index contributed by atoms with van der Waals surface area (Å²) < 4.78 is 5.03. The number of rotatable bonds is 4. The van der Waals surface area contributed by atoms with Crippen LogP contribution in [0, 0.1) is 11.8 Å². The van der Waals surface area contributed by atoms with Gasteiger partial charge < -0.3 is 10.1 Å². The highest BCUT2D eigenvalue weighted by Gasteiger charge is 2.25. The summed E-state index contributed by atoms with van der Waals surface area (Å²) in [5, 5.41) is 2.59. The number of ketones is 1. The lowest BCUT2D eigenvalue weighted by Crippen LogP contribution is -2.27. The van der Waals surface area contributed by atoms with E-state index in [9.17, 15) is 9.59 Å². The second-order valence-electron chi connectivity index (χ2n) is 4.47. The van der Waals surface area contributed by atoms with Crippen LogP contribution in [0.2, 0.25) is 0 Å². The van der Waals surface area contributed by atoms with Gasteiger partial charge in [-0.15, -0.1) is 0 Å². The van der Waals surface area contributed by atoms with Crippen molar-refractivity contribution in [2.24, 2.45) is 11.8 Å². The van der Waals surface area contributed by atoms with Crippen molar-refractivity contribution >= 4 is 11.9 Å². The van der Waals surface area contributed by atoms with E-state index in [1.807, 2.05) is 6.92 Å². The van der Waals surface area contributed by atoms with Gasteiger partial charge in [0.25, 0.3) is 0 Å². The van der Waals surface area contributed by atoms with Gasteiger partial charge in [-0.05, 0) is 31.6 Å². The van der Waals surface area contributed by atoms with Gasteiger partial charge in [-0.2, -0.15) is 0 Å². The number of hydrogen-bond donors (Lipinski definition) is 1. The molecule has 0 aromatic carbocycles. The van der Waals surface area contributed by atoms with Crippen LogP contribution in [0.1, 0.15) is 39.5 Å². The van der Waals surface area contributed by atoms with Crippen LogP contribution in [-0.2, 0) is 9.53 Å². The van der Waals surface area contributed by atoms with Gasteiger partial charge in [-0.1, -0.05) is 6.92 Å². The normalized spacial score (nSPS) is 25.2. The van der Waals surface area contributed by atoms with Crippen LogP contribution < -0.4 is 5.32 Å². The van der Waals surface area contributed by atoms with Crippen molar-refractivity contribution in [3.63, 3.8) is 0 Å². The molecule has 1 saturated carbocycles. The van der Waals surface area contributed by atoms with E-state index < -0.39 is 0 Å². The highest BCUT2D eigenvalue weighted by atomic mass is 16.5. The van der Waals surface area contributed by atoms with E-state index in [1.54, 1.807) is 0 Å². The van der Waals surface area contributed by atoms with E-state index in [2.05, 4.69) is 12.2 Å². The third kappa shape index (κ3) is 4.21. The average molecular weight is 227 g/mol. The fourth-order valence-corrected chi connectivity index (χ4v) is 2.19. The Bertz CT molecular complexity index is 253. The first-order chi connectivity index (χ1) is 7.63.